The van der Waals surface area contributed by atoms with Gasteiger partial charge in [0.05, 0.1) is 6.61 Å². The Bertz CT molecular complexity index is 886. The van der Waals surface area contributed by atoms with Gasteiger partial charge >= 0.3 is 0 Å². The van der Waals surface area contributed by atoms with Crippen LogP contribution in [0.5, 0.6) is 0 Å². The first kappa shape index (κ1) is 16.8. The van der Waals surface area contributed by atoms with E-state index < -0.39 is 11.6 Å². The smallest absolute Gasteiger partial charge is 0.257 e. The quantitative estimate of drug-likeness (QED) is 0.714. The van der Waals surface area contributed by atoms with E-state index in [2.05, 4.69) is 15.0 Å². The number of aromatic nitrogens is 2. The summed E-state index contributed by atoms with van der Waals surface area (Å²) in [6.07, 6.45) is -0.348. The topological polar surface area (TPSA) is 51.4 Å². The fourth-order valence-electron chi connectivity index (χ4n) is 2.96. The van der Waals surface area contributed by atoms with Gasteiger partial charge in [0.15, 0.2) is 11.6 Å². The van der Waals surface area contributed by atoms with E-state index in [0.717, 1.165) is 11.6 Å². The van der Waals surface area contributed by atoms with Crippen molar-refractivity contribution in [3.63, 3.8) is 0 Å². The molecule has 7 heteroatoms. The minimum absolute atomic E-state index is 0.348. The maximum absolute atomic E-state index is 13.4. The molecule has 1 saturated heterocycles. The van der Waals surface area contributed by atoms with Gasteiger partial charge in [0.25, 0.3) is 5.89 Å². The van der Waals surface area contributed by atoms with E-state index in [1.807, 2.05) is 30.3 Å². The van der Waals surface area contributed by atoms with Crippen LogP contribution in [0.15, 0.2) is 53.1 Å². The zero-order valence-corrected chi connectivity index (χ0v) is 13.9. The highest BCUT2D eigenvalue weighted by atomic mass is 19.2. The molecule has 4 rings (SSSR count). The summed E-state index contributed by atoms with van der Waals surface area (Å²) in [7, 11) is 0. The zero-order chi connectivity index (χ0) is 17.9. The van der Waals surface area contributed by atoms with Crippen molar-refractivity contribution < 1.29 is 18.0 Å². The van der Waals surface area contributed by atoms with Gasteiger partial charge in [-0.25, -0.2) is 8.78 Å². The van der Waals surface area contributed by atoms with Crippen molar-refractivity contribution in [2.45, 2.75) is 12.6 Å². The molecule has 0 amide bonds. The predicted octanol–water partition coefficient (Wildman–Crippen LogP) is 3.59. The molecule has 2 heterocycles. The molecule has 5 nitrogen and oxygen atoms in total. The predicted molar refractivity (Wildman–Crippen MR) is 90.1 cm³/mol. The monoisotopic (exact) mass is 357 g/mol. The van der Waals surface area contributed by atoms with Crippen LogP contribution in [-0.2, 0) is 11.3 Å². The zero-order valence-electron chi connectivity index (χ0n) is 13.9. The molecule has 26 heavy (non-hydrogen) atoms. The van der Waals surface area contributed by atoms with E-state index in [4.69, 9.17) is 9.26 Å². The van der Waals surface area contributed by atoms with Gasteiger partial charge in [-0.15, -0.1) is 0 Å². The third-order valence-electron chi connectivity index (χ3n) is 4.29. The SMILES string of the molecule is Fc1ccc(CN2CCO[C@H](c3nc(-c4ccccc4)no3)C2)cc1F. The second kappa shape index (κ2) is 7.31. The van der Waals surface area contributed by atoms with E-state index in [9.17, 15) is 8.78 Å². The lowest BCUT2D eigenvalue weighted by Gasteiger charge is -2.31. The van der Waals surface area contributed by atoms with Crippen molar-refractivity contribution in [2.75, 3.05) is 19.7 Å². The Balaban J connectivity index is 1.45. The Morgan fingerprint density at radius 3 is 2.73 bits per heavy atom. The van der Waals surface area contributed by atoms with Crippen LogP contribution in [0.3, 0.4) is 0 Å². The Kier molecular flexibility index (Phi) is 4.73. The Hall–Kier alpha value is -2.64. The highest BCUT2D eigenvalue weighted by Crippen LogP contribution is 2.24. The minimum atomic E-state index is -0.840. The second-order valence-corrected chi connectivity index (χ2v) is 6.17. The van der Waals surface area contributed by atoms with Crippen molar-refractivity contribution in [3.8, 4) is 11.4 Å². The number of ether oxygens (including phenoxy) is 1. The molecule has 1 atom stereocenters. The van der Waals surface area contributed by atoms with Gasteiger partial charge in [-0.1, -0.05) is 41.6 Å². The Labute approximate surface area is 149 Å². The molecule has 1 aromatic heterocycles. The van der Waals surface area contributed by atoms with Gasteiger partial charge in [-0.3, -0.25) is 4.90 Å². The van der Waals surface area contributed by atoms with Crippen molar-refractivity contribution >= 4 is 0 Å². The van der Waals surface area contributed by atoms with Gasteiger partial charge in [0.1, 0.15) is 6.10 Å². The van der Waals surface area contributed by atoms with Crippen molar-refractivity contribution in [1.29, 1.82) is 0 Å². The van der Waals surface area contributed by atoms with Crippen LogP contribution in [-0.4, -0.2) is 34.7 Å². The first-order valence-electron chi connectivity index (χ1n) is 8.36. The lowest BCUT2D eigenvalue weighted by Crippen LogP contribution is -2.38. The summed E-state index contributed by atoms with van der Waals surface area (Å²) in [5.41, 5.74) is 1.58. The average Bonchev–Trinajstić information content (AvgIpc) is 3.16. The molecule has 1 aliphatic heterocycles. The van der Waals surface area contributed by atoms with E-state index >= 15 is 0 Å². The molecule has 0 bridgehead atoms. The van der Waals surface area contributed by atoms with Crippen LogP contribution in [0.2, 0.25) is 0 Å². The van der Waals surface area contributed by atoms with Gasteiger partial charge in [-0.2, -0.15) is 4.98 Å². The van der Waals surface area contributed by atoms with E-state index in [0.29, 0.717) is 43.5 Å². The summed E-state index contributed by atoms with van der Waals surface area (Å²) >= 11 is 0. The maximum Gasteiger partial charge on any atom is 0.257 e. The number of rotatable bonds is 4. The molecule has 0 unspecified atom stereocenters. The number of halogens is 2. The average molecular weight is 357 g/mol. The third kappa shape index (κ3) is 3.63. The molecule has 0 spiro atoms. The number of hydrogen-bond donors (Lipinski definition) is 0. The first-order chi connectivity index (χ1) is 12.7. The lowest BCUT2D eigenvalue weighted by atomic mass is 10.1. The largest absolute Gasteiger partial charge is 0.366 e. The fourth-order valence-corrected chi connectivity index (χ4v) is 2.96. The first-order valence-corrected chi connectivity index (χ1v) is 8.36. The Morgan fingerprint density at radius 2 is 1.92 bits per heavy atom. The van der Waals surface area contributed by atoms with Crippen molar-refractivity contribution in [1.82, 2.24) is 15.0 Å². The second-order valence-electron chi connectivity index (χ2n) is 6.17. The minimum Gasteiger partial charge on any atom is -0.366 e. The molecule has 1 aliphatic rings. The molecule has 0 N–H and O–H groups in total. The Morgan fingerprint density at radius 1 is 1.08 bits per heavy atom. The van der Waals surface area contributed by atoms with E-state index in [-0.39, 0.29) is 6.10 Å². The number of hydrogen-bond acceptors (Lipinski definition) is 5. The normalized spacial score (nSPS) is 18.2. The molecular formula is C19H17F2N3O2. The molecule has 0 aliphatic carbocycles. The van der Waals surface area contributed by atoms with Crippen molar-refractivity contribution in [3.05, 3.63) is 71.6 Å². The van der Waals surface area contributed by atoms with Crippen LogP contribution >= 0.6 is 0 Å². The number of nitrogens with zero attached hydrogens (tertiary/aromatic N) is 3. The third-order valence-corrected chi connectivity index (χ3v) is 4.29. The summed E-state index contributed by atoms with van der Waals surface area (Å²) < 4.78 is 37.6. The van der Waals surface area contributed by atoms with Crippen LogP contribution in [0.25, 0.3) is 11.4 Å². The van der Waals surface area contributed by atoms with Gasteiger partial charge in [0.2, 0.25) is 5.82 Å². The molecular weight excluding hydrogens is 340 g/mol. The lowest BCUT2D eigenvalue weighted by molar-refractivity contribution is -0.0475. The number of benzene rings is 2. The standard InChI is InChI=1S/C19H17F2N3O2/c20-15-7-6-13(10-16(15)21)11-24-8-9-25-17(12-24)19-22-18(23-26-19)14-4-2-1-3-5-14/h1-7,10,17H,8-9,11-12H2/t17-/m0/s1. The summed E-state index contributed by atoms with van der Waals surface area (Å²) in [5, 5.41) is 4.02. The molecule has 0 radical (unpaired) electrons. The molecule has 0 saturated carbocycles. The summed E-state index contributed by atoms with van der Waals surface area (Å²) in [6.45, 7) is 2.22. The highest BCUT2D eigenvalue weighted by molar-refractivity contribution is 5.53. The van der Waals surface area contributed by atoms with Crippen molar-refractivity contribution in [2.24, 2.45) is 0 Å². The highest BCUT2D eigenvalue weighted by Gasteiger charge is 2.27. The van der Waals surface area contributed by atoms with Gasteiger partial charge in [0, 0.05) is 25.2 Å². The number of morpholine rings is 1. The molecule has 3 aromatic rings. The summed E-state index contributed by atoms with van der Waals surface area (Å²) in [4.78, 5) is 6.52. The van der Waals surface area contributed by atoms with Crippen LogP contribution < -0.4 is 0 Å². The fraction of sp³-hybridized carbons (Fsp3) is 0.263. The van der Waals surface area contributed by atoms with E-state index in [1.165, 1.54) is 6.07 Å². The molecule has 1 fully saturated rings. The van der Waals surface area contributed by atoms with Crippen LogP contribution in [0.4, 0.5) is 8.78 Å². The summed E-state index contributed by atoms with van der Waals surface area (Å²) in [5.74, 6) is -0.745. The van der Waals surface area contributed by atoms with Crippen LogP contribution in [0, 0.1) is 11.6 Å². The van der Waals surface area contributed by atoms with Crippen LogP contribution in [0.1, 0.15) is 17.6 Å². The summed E-state index contributed by atoms with van der Waals surface area (Å²) in [6, 6.07) is 13.5. The van der Waals surface area contributed by atoms with Gasteiger partial charge < -0.3 is 9.26 Å². The van der Waals surface area contributed by atoms with Gasteiger partial charge in [-0.05, 0) is 17.7 Å². The molecule has 2 aromatic carbocycles. The molecule has 134 valence electrons. The maximum atomic E-state index is 13.4. The van der Waals surface area contributed by atoms with E-state index in [1.54, 1.807) is 6.07 Å².